The van der Waals surface area contributed by atoms with E-state index in [1.54, 1.807) is 12.1 Å². The number of esters is 1. The predicted molar refractivity (Wildman–Crippen MR) is 62.5 cm³/mol. The molecule has 0 radical (unpaired) electrons. The van der Waals surface area contributed by atoms with Gasteiger partial charge < -0.3 is 4.74 Å². The van der Waals surface area contributed by atoms with E-state index in [0.29, 0.717) is 5.56 Å². The molecule has 2 rings (SSSR count). The van der Waals surface area contributed by atoms with Gasteiger partial charge >= 0.3 is 5.97 Å². The molecule has 18 heavy (non-hydrogen) atoms. The van der Waals surface area contributed by atoms with Crippen molar-refractivity contribution in [2.24, 2.45) is 0 Å². The number of rotatable bonds is 2. The minimum absolute atomic E-state index is 0.127. The van der Waals surface area contributed by atoms with Crippen molar-refractivity contribution in [2.45, 2.75) is 0 Å². The summed E-state index contributed by atoms with van der Waals surface area (Å²) >= 11 is 0. The fourth-order valence-electron chi connectivity index (χ4n) is 1.41. The first-order valence-corrected chi connectivity index (χ1v) is 5.17. The smallest absolute Gasteiger partial charge is 0.343 e. The van der Waals surface area contributed by atoms with Crippen molar-refractivity contribution >= 4 is 5.97 Å². The zero-order valence-corrected chi connectivity index (χ0v) is 9.26. The van der Waals surface area contributed by atoms with E-state index in [4.69, 9.17) is 10.00 Å². The number of nitriles is 1. The van der Waals surface area contributed by atoms with Gasteiger partial charge in [-0.3, -0.25) is 0 Å². The van der Waals surface area contributed by atoms with Crippen molar-refractivity contribution in [2.75, 3.05) is 0 Å². The molecular weight excluding hydrogens is 233 g/mol. The van der Waals surface area contributed by atoms with Crippen LogP contribution >= 0.6 is 0 Å². The maximum absolute atomic E-state index is 12.9. The number of carbonyl (C=O) groups excluding carboxylic acids is 1. The zero-order chi connectivity index (χ0) is 13.0. The molecule has 0 saturated carbocycles. The Morgan fingerprint density at radius 1 is 1.17 bits per heavy atom. The molecule has 2 aromatic rings. The van der Waals surface area contributed by atoms with E-state index in [0.717, 1.165) is 6.07 Å². The molecule has 4 heteroatoms. The summed E-state index contributed by atoms with van der Waals surface area (Å²) < 4.78 is 17.9. The lowest BCUT2D eigenvalue weighted by molar-refractivity contribution is 0.0734. The summed E-state index contributed by atoms with van der Waals surface area (Å²) in [5.74, 6) is -0.980. The van der Waals surface area contributed by atoms with Gasteiger partial charge in [0.15, 0.2) is 0 Å². The lowest BCUT2D eigenvalue weighted by Gasteiger charge is -2.04. The summed E-state index contributed by atoms with van der Waals surface area (Å²) in [6.07, 6.45) is 0. The third-order valence-electron chi connectivity index (χ3n) is 2.23. The van der Waals surface area contributed by atoms with Crippen molar-refractivity contribution in [3.8, 4) is 11.8 Å². The molecule has 0 aromatic heterocycles. The minimum Gasteiger partial charge on any atom is -0.423 e. The Morgan fingerprint density at radius 2 is 1.94 bits per heavy atom. The summed E-state index contributed by atoms with van der Waals surface area (Å²) in [7, 11) is 0. The van der Waals surface area contributed by atoms with Gasteiger partial charge in [-0.15, -0.1) is 0 Å². The number of carbonyl (C=O) groups is 1. The second-order valence-electron chi connectivity index (χ2n) is 3.54. The molecule has 0 aliphatic carbocycles. The van der Waals surface area contributed by atoms with Gasteiger partial charge in [0.25, 0.3) is 0 Å². The van der Waals surface area contributed by atoms with Gasteiger partial charge in [0, 0.05) is 6.07 Å². The molecule has 0 amide bonds. The van der Waals surface area contributed by atoms with Gasteiger partial charge in [0.2, 0.25) is 0 Å². The Kier molecular flexibility index (Phi) is 3.35. The molecule has 2 aromatic carbocycles. The van der Waals surface area contributed by atoms with Crippen molar-refractivity contribution in [3.63, 3.8) is 0 Å². The van der Waals surface area contributed by atoms with E-state index in [1.165, 1.54) is 30.3 Å². The summed E-state index contributed by atoms with van der Waals surface area (Å²) in [6.45, 7) is 0. The molecule has 0 aliphatic rings. The molecule has 0 spiro atoms. The quantitative estimate of drug-likeness (QED) is 0.600. The summed E-state index contributed by atoms with van der Waals surface area (Å²) in [5, 5.41) is 8.72. The molecule has 0 fully saturated rings. The Labute approximate surface area is 103 Å². The molecule has 0 unspecified atom stereocenters. The van der Waals surface area contributed by atoms with Gasteiger partial charge in [0.05, 0.1) is 17.2 Å². The van der Waals surface area contributed by atoms with Gasteiger partial charge in [-0.25, -0.2) is 9.18 Å². The minimum atomic E-state index is -0.627. The average molecular weight is 241 g/mol. The Morgan fingerprint density at radius 3 is 2.67 bits per heavy atom. The zero-order valence-electron chi connectivity index (χ0n) is 9.26. The molecule has 0 atom stereocenters. The molecule has 0 N–H and O–H groups in total. The largest absolute Gasteiger partial charge is 0.423 e. The lowest BCUT2D eigenvalue weighted by atomic mass is 10.1. The van der Waals surface area contributed by atoms with Crippen LogP contribution in [0.15, 0.2) is 48.5 Å². The third-order valence-corrected chi connectivity index (χ3v) is 2.23. The van der Waals surface area contributed by atoms with Crippen LogP contribution < -0.4 is 4.74 Å². The van der Waals surface area contributed by atoms with Gasteiger partial charge in [-0.1, -0.05) is 12.1 Å². The highest BCUT2D eigenvalue weighted by atomic mass is 19.1. The predicted octanol–water partition coefficient (Wildman–Crippen LogP) is 2.92. The normalized spacial score (nSPS) is 9.56. The number of hydrogen-bond acceptors (Lipinski definition) is 3. The highest BCUT2D eigenvalue weighted by molar-refractivity contribution is 5.91. The molecule has 0 bridgehead atoms. The number of halogens is 1. The third kappa shape index (κ3) is 2.71. The van der Waals surface area contributed by atoms with Gasteiger partial charge in [0.1, 0.15) is 11.6 Å². The summed E-state index contributed by atoms with van der Waals surface area (Å²) in [5.41, 5.74) is 0.613. The van der Waals surface area contributed by atoms with Crippen molar-refractivity contribution in [1.29, 1.82) is 5.26 Å². The summed E-state index contributed by atoms with van der Waals surface area (Å²) in [6, 6.07) is 13.3. The van der Waals surface area contributed by atoms with E-state index in [-0.39, 0.29) is 11.3 Å². The van der Waals surface area contributed by atoms with Gasteiger partial charge in [-0.2, -0.15) is 5.26 Å². The Hall–Kier alpha value is -2.67. The topological polar surface area (TPSA) is 50.1 Å². The molecular formula is C14H8FNO2. The Bertz CT molecular complexity index is 632. The molecule has 0 saturated heterocycles. The van der Waals surface area contributed by atoms with Crippen LogP contribution in [0, 0.1) is 17.1 Å². The standard InChI is InChI=1S/C14H8FNO2/c15-12-5-2-6-13(8-12)18-14(17)11-4-1-3-10(7-11)9-16/h1-8H. The number of nitrogens with zero attached hydrogens (tertiary/aromatic N) is 1. The van der Waals surface area contributed by atoms with Crippen LogP contribution in [0.25, 0.3) is 0 Å². The van der Waals surface area contributed by atoms with E-state index < -0.39 is 11.8 Å². The number of hydrogen-bond donors (Lipinski definition) is 0. The first-order valence-electron chi connectivity index (χ1n) is 5.17. The van der Waals surface area contributed by atoms with E-state index in [9.17, 15) is 9.18 Å². The van der Waals surface area contributed by atoms with Crippen LogP contribution in [0.1, 0.15) is 15.9 Å². The van der Waals surface area contributed by atoms with Crippen LogP contribution in [0.4, 0.5) is 4.39 Å². The van der Waals surface area contributed by atoms with E-state index in [1.807, 2.05) is 6.07 Å². The van der Waals surface area contributed by atoms with Crippen LogP contribution in [0.2, 0.25) is 0 Å². The van der Waals surface area contributed by atoms with E-state index >= 15 is 0 Å². The highest BCUT2D eigenvalue weighted by Crippen LogP contribution is 2.14. The second kappa shape index (κ2) is 5.11. The molecule has 3 nitrogen and oxygen atoms in total. The average Bonchev–Trinajstić information content (AvgIpc) is 2.39. The van der Waals surface area contributed by atoms with Crippen LogP contribution in [0.5, 0.6) is 5.75 Å². The van der Waals surface area contributed by atoms with Crippen molar-refractivity contribution < 1.29 is 13.9 Å². The number of benzene rings is 2. The highest BCUT2D eigenvalue weighted by Gasteiger charge is 2.09. The molecule has 0 heterocycles. The second-order valence-corrected chi connectivity index (χ2v) is 3.54. The van der Waals surface area contributed by atoms with E-state index in [2.05, 4.69) is 0 Å². The fraction of sp³-hybridized carbons (Fsp3) is 0. The lowest BCUT2D eigenvalue weighted by Crippen LogP contribution is -2.08. The first kappa shape index (κ1) is 11.8. The monoisotopic (exact) mass is 241 g/mol. The van der Waals surface area contributed by atoms with Crippen molar-refractivity contribution in [3.05, 3.63) is 65.5 Å². The van der Waals surface area contributed by atoms with Crippen LogP contribution in [0.3, 0.4) is 0 Å². The maximum atomic E-state index is 12.9. The maximum Gasteiger partial charge on any atom is 0.343 e. The van der Waals surface area contributed by atoms with Crippen molar-refractivity contribution in [1.82, 2.24) is 0 Å². The molecule has 88 valence electrons. The molecule has 0 aliphatic heterocycles. The fourth-order valence-corrected chi connectivity index (χ4v) is 1.41. The number of ether oxygens (including phenoxy) is 1. The first-order chi connectivity index (χ1) is 8.69. The van der Waals surface area contributed by atoms with Crippen LogP contribution in [-0.2, 0) is 0 Å². The summed E-state index contributed by atoms with van der Waals surface area (Å²) in [4.78, 5) is 11.7. The Balaban J connectivity index is 2.20. The van der Waals surface area contributed by atoms with Gasteiger partial charge in [-0.05, 0) is 30.3 Å². The van der Waals surface area contributed by atoms with Crippen LogP contribution in [-0.4, -0.2) is 5.97 Å². The SMILES string of the molecule is N#Cc1cccc(C(=O)Oc2cccc(F)c2)c1.